The fraction of sp³-hybridized carbons (Fsp3) is 0.273. The van der Waals surface area contributed by atoms with E-state index in [-0.39, 0.29) is 6.04 Å². The van der Waals surface area contributed by atoms with Gasteiger partial charge in [-0.1, -0.05) is 30.3 Å². The zero-order valence-corrected chi connectivity index (χ0v) is 15.7. The minimum Gasteiger partial charge on any atom is -0.399 e. The molecule has 0 radical (unpaired) electrons. The molecule has 4 N–H and O–H groups in total. The number of nitrogens with one attached hydrogen (secondary N) is 2. The van der Waals surface area contributed by atoms with Gasteiger partial charge in [-0.15, -0.1) is 0 Å². The number of nitrogens with two attached hydrogens (primary N) is 1. The molecule has 0 atom stereocenters. The number of likely N-dealkylation sites (tertiary alicyclic amines) is 1. The van der Waals surface area contributed by atoms with Crippen molar-refractivity contribution in [2.45, 2.75) is 25.4 Å². The highest BCUT2D eigenvalue weighted by Crippen LogP contribution is 2.24. The highest BCUT2D eigenvalue weighted by Gasteiger charge is 2.26. The smallest absolute Gasteiger partial charge is 0.253 e. The van der Waals surface area contributed by atoms with Gasteiger partial charge in [0.25, 0.3) is 10.9 Å². The first-order valence-electron chi connectivity index (χ1n) is 9.59. The lowest BCUT2D eigenvalue weighted by Gasteiger charge is -2.33. The van der Waals surface area contributed by atoms with Crippen LogP contribution in [-0.2, 0) is 6.54 Å². The van der Waals surface area contributed by atoms with Gasteiger partial charge in [-0.3, -0.25) is 14.5 Å². The molecule has 0 spiro atoms. The van der Waals surface area contributed by atoms with Crippen molar-refractivity contribution in [2.75, 3.05) is 29.5 Å². The molecule has 1 saturated heterocycles. The molecule has 1 fully saturated rings. The predicted molar refractivity (Wildman–Crippen MR) is 114 cm³/mol. The molecule has 0 saturated carbocycles. The summed E-state index contributed by atoms with van der Waals surface area (Å²) in [5, 5.41) is 6.34. The van der Waals surface area contributed by atoms with Crippen LogP contribution < -0.4 is 27.2 Å². The van der Waals surface area contributed by atoms with E-state index in [4.69, 9.17) is 5.73 Å². The van der Waals surface area contributed by atoms with Crippen molar-refractivity contribution in [3.05, 3.63) is 80.6 Å². The van der Waals surface area contributed by atoms with Gasteiger partial charge >= 0.3 is 0 Å². The molecule has 28 heavy (non-hydrogen) atoms. The molecular weight excluding hydrogens is 352 g/mol. The van der Waals surface area contributed by atoms with E-state index in [9.17, 15) is 9.59 Å². The first-order valence-corrected chi connectivity index (χ1v) is 9.59. The van der Waals surface area contributed by atoms with E-state index in [1.807, 2.05) is 6.07 Å². The average Bonchev–Trinajstić information content (AvgIpc) is 2.73. The second-order valence-electron chi connectivity index (χ2n) is 7.34. The molecule has 6 heteroatoms. The molecule has 3 aromatic rings. The van der Waals surface area contributed by atoms with Crippen molar-refractivity contribution in [3.63, 3.8) is 0 Å². The van der Waals surface area contributed by atoms with Crippen LogP contribution >= 0.6 is 0 Å². The Labute approximate surface area is 163 Å². The molecule has 1 aliphatic heterocycles. The fourth-order valence-electron chi connectivity index (χ4n) is 3.64. The normalized spacial score (nSPS) is 15.6. The average molecular weight is 376 g/mol. The van der Waals surface area contributed by atoms with Gasteiger partial charge < -0.3 is 16.4 Å². The largest absolute Gasteiger partial charge is 0.399 e. The lowest BCUT2D eigenvalue weighted by Crippen LogP contribution is -2.43. The molecule has 0 amide bonds. The summed E-state index contributed by atoms with van der Waals surface area (Å²) < 4.78 is 0. The fourth-order valence-corrected chi connectivity index (χ4v) is 3.64. The molecule has 3 aromatic carbocycles. The van der Waals surface area contributed by atoms with Gasteiger partial charge in [0.2, 0.25) is 0 Å². The Bertz CT molecular complexity index is 999. The van der Waals surface area contributed by atoms with Crippen LogP contribution in [0.1, 0.15) is 18.4 Å². The third-order valence-electron chi connectivity index (χ3n) is 5.28. The summed E-state index contributed by atoms with van der Waals surface area (Å²) in [5.41, 5.74) is 8.23. The third-order valence-corrected chi connectivity index (χ3v) is 5.28. The van der Waals surface area contributed by atoms with Crippen LogP contribution in [0.25, 0.3) is 0 Å². The highest BCUT2D eigenvalue weighted by atomic mass is 16.2. The molecule has 6 nitrogen and oxygen atoms in total. The maximum atomic E-state index is 12.1. The maximum Gasteiger partial charge on any atom is 0.253 e. The Balaban J connectivity index is 1.35. The van der Waals surface area contributed by atoms with Crippen molar-refractivity contribution in [3.8, 4) is 0 Å². The summed E-state index contributed by atoms with van der Waals surface area (Å²) in [6.45, 7) is 2.86. The minimum atomic E-state index is -0.471. The van der Waals surface area contributed by atoms with Crippen molar-refractivity contribution >= 4 is 22.7 Å². The molecule has 1 aliphatic rings. The number of hydrogen-bond acceptors (Lipinski definition) is 6. The highest BCUT2D eigenvalue weighted by molar-refractivity contribution is 5.79. The topological polar surface area (TPSA) is 87.5 Å². The van der Waals surface area contributed by atoms with Crippen LogP contribution in [0, 0.1) is 0 Å². The standard InChI is InChI=1S/C22H24N4O2/c23-16-6-8-17(9-7-16)24-19-20(22(28)21(19)27)25-18-10-12-26(13-11-18)14-15-4-2-1-3-5-15/h1-9,18,24-25H,10-14,23H2. The van der Waals surface area contributed by atoms with Crippen molar-refractivity contribution in [1.82, 2.24) is 4.90 Å². The summed E-state index contributed by atoms with van der Waals surface area (Å²) in [6.07, 6.45) is 1.87. The first kappa shape index (κ1) is 18.3. The second kappa shape index (κ2) is 7.86. The van der Waals surface area contributed by atoms with Crippen LogP contribution in [0.5, 0.6) is 0 Å². The van der Waals surface area contributed by atoms with Crippen LogP contribution in [0.2, 0.25) is 0 Å². The third kappa shape index (κ3) is 3.92. The van der Waals surface area contributed by atoms with Gasteiger partial charge in [0.15, 0.2) is 0 Å². The van der Waals surface area contributed by atoms with Crippen molar-refractivity contribution in [1.29, 1.82) is 0 Å². The van der Waals surface area contributed by atoms with E-state index in [0.29, 0.717) is 17.1 Å². The summed E-state index contributed by atoms with van der Waals surface area (Å²) in [7, 11) is 0. The maximum absolute atomic E-state index is 12.1. The zero-order chi connectivity index (χ0) is 19.5. The number of piperidine rings is 1. The predicted octanol–water partition coefficient (Wildman–Crippen LogP) is 2.68. The van der Waals surface area contributed by atoms with Gasteiger partial charge in [-0.2, -0.15) is 0 Å². The Hall–Kier alpha value is -3.12. The van der Waals surface area contributed by atoms with E-state index in [0.717, 1.165) is 38.2 Å². The van der Waals surface area contributed by atoms with Crippen LogP contribution in [0.3, 0.4) is 0 Å². The van der Waals surface area contributed by atoms with E-state index in [1.54, 1.807) is 24.3 Å². The number of anilines is 4. The number of nitrogen functional groups attached to an aromatic ring is 1. The Kier molecular flexibility index (Phi) is 5.12. The van der Waals surface area contributed by atoms with Gasteiger partial charge in [-0.05, 0) is 42.7 Å². The number of benzene rings is 2. The summed E-state index contributed by atoms with van der Waals surface area (Å²) in [5.74, 6) is 0. The van der Waals surface area contributed by atoms with Crippen LogP contribution in [-0.4, -0.2) is 24.0 Å². The Morgan fingerprint density at radius 3 is 2.21 bits per heavy atom. The van der Waals surface area contributed by atoms with Gasteiger partial charge in [0.05, 0.1) is 0 Å². The first-order chi connectivity index (χ1) is 13.6. The summed E-state index contributed by atoms with van der Waals surface area (Å²) in [6, 6.07) is 17.7. The van der Waals surface area contributed by atoms with E-state index >= 15 is 0 Å². The SMILES string of the molecule is Nc1ccc(Nc2c(NC3CCN(Cc4ccccc4)CC3)c(=O)c2=O)cc1. The summed E-state index contributed by atoms with van der Waals surface area (Å²) >= 11 is 0. The van der Waals surface area contributed by atoms with E-state index < -0.39 is 10.9 Å². The van der Waals surface area contributed by atoms with Crippen LogP contribution in [0.4, 0.5) is 22.7 Å². The molecule has 0 aromatic heterocycles. The molecule has 4 rings (SSSR count). The molecule has 1 heterocycles. The number of nitrogens with zero attached hydrogens (tertiary/aromatic N) is 1. The van der Waals surface area contributed by atoms with Crippen molar-refractivity contribution < 1.29 is 0 Å². The van der Waals surface area contributed by atoms with E-state index in [2.05, 4.69) is 39.8 Å². The van der Waals surface area contributed by atoms with E-state index in [1.165, 1.54) is 5.56 Å². The molecule has 0 unspecified atom stereocenters. The number of rotatable bonds is 6. The van der Waals surface area contributed by atoms with Gasteiger partial charge in [0, 0.05) is 37.1 Å². The van der Waals surface area contributed by atoms with Crippen molar-refractivity contribution in [2.24, 2.45) is 0 Å². The number of hydrogen-bond donors (Lipinski definition) is 3. The Morgan fingerprint density at radius 2 is 1.54 bits per heavy atom. The lowest BCUT2D eigenvalue weighted by molar-refractivity contribution is 0.211. The monoisotopic (exact) mass is 376 g/mol. The van der Waals surface area contributed by atoms with Gasteiger partial charge in [-0.25, -0.2) is 0 Å². The summed E-state index contributed by atoms with van der Waals surface area (Å²) in [4.78, 5) is 26.5. The van der Waals surface area contributed by atoms with Gasteiger partial charge in [0.1, 0.15) is 11.4 Å². The lowest BCUT2D eigenvalue weighted by atomic mass is 10.0. The minimum absolute atomic E-state index is 0.197. The zero-order valence-electron chi connectivity index (χ0n) is 15.7. The Morgan fingerprint density at radius 1 is 0.893 bits per heavy atom. The molecule has 0 bridgehead atoms. The molecule has 144 valence electrons. The quantitative estimate of drug-likeness (QED) is 0.453. The van der Waals surface area contributed by atoms with Crippen LogP contribution in [0.15, 0.2) is 64.2 Å². The molecule has 0 aliphatic carbocycles. The molecular formula is C22H24N4O2. The second-order valence-corrected chi connectivity index (χ2v) is 7.34.